The number of carboxylic acid groups (broad SMARTS) is 1. The molecule has 0 aliphatic carbocycles. The van der Waals surface area contributed by atoms with E-state index in [2.05, 4.69) is 0 Å². The van der Waals surface area contributed by atoms with Crippen molar-refractivity contribution in [1.82, 2.24) is 0 Å². The fourth-order valence-electron chi connectivity index (χ4n) is 1.36. The molecule has 1 aromatic heterocycles. The van der Waals surface area contributed by atoms with E-state index in [-0.39, 0.29) is 5.89 Å². The first-order valence-electron chi connectivity index (χ1n) is 4.01. The summed E-state index contributed by atoms with van der Waals surface area (Å²) in [6, 6.07) is 5.02. The molecule has 0 aliphatic heterocycles. The Bertz CT molecular complexity index is 516. The minimum atomic E-state index is -1.10. The molecule has 14 heavy (non-hydrogen) atoms. The molecular weight excluding hydrogens is 184 g/mol. The number of hydrogen-bond acceptors (Lipinski definition) is 3. The van der Waals surface area contributed by atoms with E-state index in [0.29, 0.717) is 16.8 Å². The number of benzene rings is 1. The first kappa shape index (κ1) is 8.55. The SMILES string of the molecule is C[n+]1c(C(=O)O)oc2cc(N)ccc21. The molecule has 1 aromatic carbocycles. The van der Waals surface area contributed by atoms with Gasteiger partial charge < -0.3 is 15.3 Å². The van der Waals surface area contributed by atoms with Gasteiger partial charge in [0.25, 0.3) is 5.52 Å². The Kier molecular flexibility index (Phi) is 1.67. The lowest BCUT2D eigenvalue weighted by molar-refractivity contribution is -0.652. The average molecular weight is 193 g/mol. The van der Waals surface area contributed by atoms with E-state index in [9.17, 15) is 4.79 Å². The minimum Gasteiger partial charge on any atom is -0.471 e. The summed E-state index contributed by atoms with van der Waals surface area (Å²) in [4.78, 5) is 10.7. The van der Waals surface area contributed by atoms with Crippen LogP contribution in [0.3, 0.4) is 0 Å². The fourth-order valence-corrected chi connectivity index (χ4v) is 1.36. The van der Waals surface area contributed by atoms with E-state index in [4.69, 9.17) is 15.3 Å². The van der Waals surface area contributed by atoms with Crippen LogP contribution in [-0.2, 0) is 7.05 Å². The van der Waals surface area contributed by atoms with Crippen molar-refractivity contribution in [3.8, 4) is 0 Å². The molecule has 0 bridgehead atoms. The number of nitrogen functional groups attached to an aromatic ring is 1. The van der Waals surface area contributed by atoms with Crippen molar-refractivity contribution >= 4 is 22.8 Å². The van der Waals surface area contributed by atoms with E-state index in [1.54, 1.807) is 25.2 Å². The van der Waals surface area contributed by atoms with Gasteiger partial charge in [0.1, 0.15) is 7.05 Å². The number of aryl methyl sites for hydroxylation is 1. The zero-order chi connectivity index (χ0) is 10.3. The second-order valence-electron chi connectivity index (χ2n) is 3.00. The summed E-state index contributed by atoms with van der Waals surface area (Å²) >= 11 is 0. The van der Waals surface area contributed by atoms with Crippen molar-refractivity contribution in [1.29, 1.82) is 0 Å². The van der Waals surface area contributed by atoms with Gasteiger partial charge >= 0.3 is 11.9 Å². The van der Waals surface area contributed by atoms with Gasteiger partial charge in [0.2, 0.25) is 5.58 Å². The molecule has 0 unspecified atom stereocenters. The number of hydrogen-bond donors (Lipinski definition) is 2. The zero-order valence-electron chi connectivity index (χ0n) is 7.52. The van der Waals surface area contributed by atoms with Crippen LogP contribution in [0, 0.1) is 0 Å². The van der Waals surface area contributed by atoms with Crippen LogP contribution in [0.4, 0.5) is 5.69 Å². The number of fused-ring (bicyclic) bond motifs is 1. The summed E-state index contributed by atoms with van der Waals surface area (Å²) < 4.78 is 6.59. The van der Waals surface area contributed by atoms with Crippen LogP contribution in [-0.4, -0.2) is 11.1 Å². The number of oxazole rings is 1. The maximum Gasteiger partial charge on any atom is 0.461 e. The number of carboxylic acids is 1. The number of nitrogens with zero attached hydrogens (tertiary/aromatic N) is 1. The van der Waals surface area contributed by atoms with Crippen molar-refractivity contribution in [3.63, 3.8) is 0 Å². The maximum atomic E-state index is 10.7. The van der Waals surface area contributed by atoms with Crippen LogP contribution < -0.4 is 10.3 Å². The second-order valence-corrected chi connectivity index (χ2v) is 3.00. The summed E-state index contributed by atoms with van der Waals surface area (Å²) in [6.07, 6.45) is 0. The topological polar surface area (TPSA) is 80.3 Å². The van der Waals surface area contributed by atoms with Gasteiger partial charge in [-0.05, 0) is 6.07 Å². The molecule has 0 saturated carbocycles. The molecule has 2 rings (SSSR count). The molecule has 3 N–H and O–H groups in total. The highest BCUT2D eigenvalue weighted by atomic mass is 16.4. The van der Waals surface area contributed by atoms with E-state index >= 15 is 0 Å². The Morgan fingerprint density at radius 1 is 1.57 bits per heavy atom. The average Bonchev–Trinajstić information content (AvgIpc) is 2.43. The minimum absolute atomic E-state index is 0.106. The molecule has 0 spiro atoms. The Labute approximate surface area is 79.4 Å². The van der Waals surface area contributed by atoms with E-state index in [0.717, 1.165) is 0 Å². The highest BCUT2D eigenvalue weighted by Crippen LogP contribution is 2.16. The normalized spacial score (nSPS) is 10.6. The molecule has 0 aliphatic rings. The monoisotopic (exact) mass is 193 g/mol. The Hall–Kier alpha value is -2.04. The van der Waals surface area contributed by atoms with Crippen molar-refractivity contribution < 1.29 is 18.9 Å². The summed E-state index contributed by atoms with van der Waals surface area (Å²) in [5.74, 6) is -1.20. The quantitative estimate of drug-likeness (QED) is 0.511. The molecule has 0 fully saturated rings. The molecule has 0 saturated heterocycles. The van der Waals surface area contributed by atoms with Crippen LogP contribution in [0.15, 0.2) is 22.6 Å². The van der Waals surface area contributed by atoms with Gasteiger partial charge in [-0.25, -0.2) is 4.79 Å². The van der Waals surface area contributed by atoms with Gasteiger partial charge in [0, 0.05) is 17.8 Å². The number of anilines is 1. The Morgan fingerprint density at radius 3 is 2.93 bits per heavy atom. The molecule has 0 radical (unpaired) electrons. The number of nitrogens with two attached hydrogens (primary N) is 1. The van der Waals surface area contributed by atoms with E-state index in [1.165, 1.54) is 4.57 Å². The van der Waals surface area contributed by atoms with E-state index < -0.39 is 5.97 Å². The Balaban J connectivity index is 2.79. The third-order valence-corrected chi connectivity index (χ3v) is 2.04. The molecule has 5 nitrogen and oxygen atoms in total. The summed E-state index contributed by atoms with van der Waals surface area (Å²) in [7, 11) is 1.63. The summed E-state index contributed by atoms with van der Waals surface area (Å²) in [6.45, 7) is 0. The second kappa shape index (κ2) is 2.73. The van der Waals surface area contributed by atoms with Crippen LogP contribution >= 0.6 is 0 Å². The van der Waals surface area contributed by atoms with Crippen molar-refractivity contribution in [3.05, 3.63) is 24.1 Å². The fraction of sp³-hybridized carbons (Fsp3) is 0.111. The van der Waals surface area contributed by atoms with Gasteiger partial charge in [-0.15, -0.1) is 0 Å². The van der Waals surface area contributed by atoms with Gasteiger partial charge in [0.15, 0.2) is 0 Å². The highest BCUT2D eigenvalue weighted by Gasteiger charge is 2.25. The third-order valence-electron chi connectivity index (χ3n) is 2.04. The summed E-state index contributed by atoms with van der Waals surface area (Å²) in [5, 5.41) is 8.79. The zero-order valence-corrected chi connectivity index (χ0v) is 7.52. The van der Waals surface area contributed by atoms with Crippen molar-refractivity contribution in [2.45, 2.75) is 0 Å². The van der Waals surface area contributed by atoms with E-state index in [1.807, 2.05) is 0 Å². The summed E-state index contributed by atoms with van der Waals surface area (Å²) in [5.41, 5.74) is 7.27. The molecule has 0 atom stereocenters. The van der Waals surface area contributed by atoms with Crippen LogP contribution in [0.25, 0.3) is 11.1 Å². The van der Waals surface area contributed by atoms with Gasteiger partial charge in [-0.3, -0.25) is 0 Å². The van der Waals surface area contributed by atoms with Crippen molar-refractivity contribution in [2.24, 2.45) is 7.05 Å². The molecule has 1 heterocycles. The highest BCUT2D eigenvalue weighted by molar-refractivity contribution is 5.84. The predicted octanol–water partition coefficient (Wildman–Crippen LogP) is 0.538. The third kappa shape index (κ3) is 1.10. The lowest BCUT2D eigenvalue weighted by Crippen LogP contribution is -2.33. The molecule has 72 valence electrons. The number of aromatic nitrogens is 1. The number of rotatable bonds is 1. The van der Waals surface area contributed by atoms with Gasteiger partial charge in [-0.2, -0.15) is 4.57 Å². The van der Waals surface area contributed by atoms with Gasteiger partial charge in [-0.1, -0.05) is 0 Å². The van der Waals surface area contributed by atoms with Crippen molar-refractivity contribution in [2.75, 3.05) is 5.73 Å². The lowest BCUT2D eigenvalue weighted by Gasteiger charge is -1.86. The number of carbonyl (C=O) groups is 1. The maximum absolute atomic E-state index is 10.7. The van der Waals surface area contributed by atoms with Gasteiger partial charge in [0.05, 0.1) is 0 Å². The molecule has 0 amide bonds. The lowest BCUT2D eigenvalue weighted by atomic mass is 10.3. The standard InChI is InChI=1S/C9H8N2O3/c1-11-6-3-2-5(10)4-7(6)14-8(11)9(12)13/h2-4H,10H2,1H3/p+1. The largest absolute Gasteiger partial charge is 0.471 e. The molecule has 5 heteroatoms. The molecule has 2 aromatic rings. The first-order valence-corrected chi connectivity index (χ1v) is 4.01. The molecular formula is C9H9N2O3+. The smallest absolute Gasteiger partial charge is 0.461 e. The number of aromatic carboxylic acids is 1. The van der Waals surface area contributed by atoms with Crippen LogP contribution in [0.2, 0.25) is 0 Å². The predicted molar refractivity (Wildman–Crippen MR) is 48.8 cm³/mol. The first-order chi connectivity index (χ1) is 6.59. The Morgan fingerprint density at radius 2 is 2.29 bits per heavy atom. The van der Waals surface area contributed by atoms with Crippen LogP contribution in [0.5, 0.6) is 0 Å². The van der Waals surface area contributed by atoms with Crippen LogP contribution in [0.1, 0.15) is 10.7 Å².